The van der Waals surface area contributed by atoms with Crippen LogP contribution in [0.1, 0.15) is 6.92 Å². The first kappa shape index (κ1) is 17.4. The van der Waals surface area contributed by atoms with E-state index in [1.807, 2.05) is 0 Å². The SMILES string of the molecule is C/C=C\C(=O)Nc1ccc(Oc2ccnc3cc(OC)ccc23)c(F)c1. The highest BCUT2D eigenvalue weighted by atomic mass is 19.1. The van der Waals surface area contributed by atoms with Gasteiger partial charge in [-0.3, -0.25) is 9.78 Å². The van der Waals surface area contributed by atoms with Crippen LogP contribution in [0.2, 0.25) is 0 Å². The van der Waals surface area contributed by atoms with Gasteiger partial charge in [0.15, 0.2) is 11.6 Å². The van der Waals surface area contributed by atoms with E-state index in [4.69, 9.17) is 9.47 Å². The summed E-state index contributed by atoms with van der Waals surface area (Å²) in [6, 6.07) is 11.3. The number of carbonyl (C=O) groups is 1. The van der Waals surface area contributed by atoms with Crippen LogP contribution in [0.5, 0.6) is 17.2 Å². The Bertz CT molecular complexity index is 986. The van der Waals surface area contributed by atoms with Gasteiger partial charge in [0, 0.05) is 29.4 Å². The zero-order valence-electron chi connectivity index (χ0n) is 14.3. The number of nitrogens with zero attached hydrogens (tertiary/aromatic N) is 1. The van der Waals surface area contributed by atoms with Gasteiger partial charge >= 0.3 is 0 Å². The van der Waals surface area contributed by atoms with E-state index in [0.29, 0.717) is 22.7 Å². The van der Waals surface area contributed by atoms with Crippen LogP contribution in [0, 0.1) is 5.82 Å². The lowest BCUT2D eigenvalue weighted by Gasteiger charge is -2.11. The van der Waals surface area contributed by atoms with Gasteiger partial charge < -0.3 is 14.8 Å². The molecule has 0 saturated heterocycles. The second-order valence-electron chi connectivity index (χ2n) is 5.43. The summed E-state index contributed by atoms with van der Waals surface area (Å²) in [5.74, 6) is 0.297. The van der Waals surface area contributed by atoms with Gasteiger partial charge in [-0.05, 0) is 43.3 Å². The quantitative estimate of drug-likeness (QED) is 0.677. The third-order valence-electron chi connectivity index (χ3n) is 3.65. The topological polar surface area (TPSA) is 60.5 Å². The summed E-state index contributed by atoms with van der Waals surface area (Å²) in [5, 5.41) is 3.31. The largest absolute Gasteiger partial charge is 0.497 e. The number of ether oxygens (including phenoxy) is 2. The Morgan fingerprint density at radius 1 is 1.15 bits per heavy atom. The lowest BCUT2D eigenvalue weighted by Crippen LogP contribution is -2.07. The maximum atomic E-state index is 14.4. The van der Waals surface area contributed by atoms with Crippen LogP contribution in [0.4, 0.5) is 10.1 Å². The molecule has 1 N–H and O–H groups in total. The van der Waals surface area contributed by atoms with Crippen LogP contribution < -0.4 is 14.8 Å². The number of methoxy groups -OCH3 is 1. The molecule has 5 nitrogen and oxygen atoms in total. The summed E-state index contributed by atoms with van der Waals surface area (Å²) in [6.07, 6.45) is 4.55. The number of anilines is 1. The van der Waals surface area contributed by atoms with E-state index in [0.717, 1.165) is 5.39 Å². The molecule has 0 aliphatic rings. The summed E-state index contributed by atoms with van der Waals surface area (Å²) < 4.78 is 25.3. The maximum Gasteiger partial charge on any atom is 0.248 e. The molecule has 0 aliphatic heterocycles. The van der Waals surface area contributed by atoms with E-state index in [1.165, 1.54) is 18.2 Å². The Morgan fingerprint density at radius 2 is 2.00 bits per heavy atom. The molecule has 0 spiro atoms. The van der Waals surface area contributed by atoms with Gasteiger partial charge in [0.05, 0.1) is 12.6 Å². The van der Waals surface area contributed by atoms with E-state index in [9.17, 15) is 9.18 Å². The predicted octanol–water partition coefficient (Wildman–Crippen LogP) is 4.69. The average molecular weight is 352 g/mol. The number of carbonyl (C=O) groups excluding carboxylic acids is 1. The summed E-state index contributed by atoms with van der Waals surface area (Å²) in [7, 11) is 1.58. The van der Waals surface area contributed by atoms with Crippen LogP contribution in [0.15, 0.2) is 60.8 Å². The number of benzene rings is 2. The lowest BCUT2D eigenvalue weighted by atomic mass is 10.2. The van der Waals surface area contributed by atoms with E-state index in [2.05, 4.69) is 10.3 Å². The number of nitrogens with one attached hydrogen (secondary N) is 1. The Morgan fingerprint density at radius 3 is 2.73 bits per heavy atom. The summed E-state index contributed by atoms with van der Waals surface area (Å²) in [4.78, 5) is 15.8. The minimum absolute atomic E-state index is 0.0531. The molecule has 3 aromatic rings. The Kier molecular flexibility index (Phi) is 5.12. The van der Waals surface area contributed by atoms with E-state index in [1.54, 1.807) is 56.6 Å². The smallest absolute Gasteiger partial charge is 0.248 e. The van der Waals surface area contributed by atoms with Crippen molar-refractivity contribution in [2.75, 3.05) is 12.4 Å². The van der Waals surface area contributed by atoms with Crippen molar-refractivity contribution in [1.29, 1.82) is 0 Å². The van der Waals surface area contributed by atoms with Gasteiger partial charge in [-0.1, -0.05) is 6.08 Å². The van der Waals surface area contributed by atoms with Gasteiger partial charge in [0.25, 0.3) is 0 Å². The third kappa shape index (κ3) is 3.80. The van der Waals surface area contributed by atoms with E-state index < -0.39 is 5.82 Å². The number of hydrogen-bond acceptors (Lipinski definition) is 4. The molecule has 0 radical (unpaired) electrons. The van der Waals surface area contributed by atoms with Crippen molar-refractivity contribution in [2.45, 2.75) is 6.92 Å². The van der Waals surface area contributed by atoms with Gasteiger partial charge in [-0.25, -0.2) is 4.39 Å². The zero-order valence-corrected chi connectivity index (χ0v) is 14.3. The maximum absolute atomic E-state index is 14.4. The number of pyridine rings is 1. The number of hydrogen-bond donors (Lipinski definition) is 1. The molecular weight excluding hydrogens is 335 g/mol. The van der Waals surface area contributed by atoms with Crippen molar-refractivity contribution < 1.29 is 18.7 Å². The molecule has 26 heavy (non-hydrogen) atoms. The van der Waals surface area contributed by atoms with Crippen molar-refractivity contribution in [3.8, 4) is 17.2 Å². The fourth-order valence-electron chi connectivity index (χ4n) is 2.43. The van der Waals surface area contributed by atoms with Crippen molar-refractivity contribution in [1.82, 2.24) is 4.98 Å². The Hall–Kier alpha value is -3.41. The van der Waals surface area contributed by atoms with Gasteiger partial charge in [-0.15, -0.1) is 0 Å². The molecule has 0 saturated carbocycles. The highest BCUT2D eigenvalue weighted by Crippen LogP contribution is 2.32. The van der Waals surface area contributed by atoms with Crippen molar-refractivity contribution >= 4 is 22.5 Å². The molecule has 0 atom stereocenters. The average Bonchev–Trinajstić information content (AvgIpc) is 2.64. The number of allylic oxidation sites excluding steroid dienone is 1. The van der Waals surface area contributed by atoms with Crippen molar-refractivity contribution in [3.05, 3.63) is 66.6 Å². The Labute approximate surface area is 150 Å². The number of fused-ring (bicyclic) bond motifs is 1. The molecule has 0 fully saturated rings. The third-order valence-corrected chi connectivity index (χ3v) is 3.65. The second kappa shape index (κ2) is 7.65. The minimum atomic E-state index is -0.582. The first-order valence-electron chi connectivity index (χ1n) is 7.94. The standard InChI is InChI=1S/C20H17FN2O3/c1-3-4-20(24)23-13-5-8-19(16(21)11-13)26-18-9-10-22-17-12-14(25-2)6-7-15(17)18/h3-12H,1-2H3,(H,23,24)/b4-3-. The van der Waals surface area contributed by atoms with Gasteiger partial charge in [0.2, 0.25) is 5.91 Å². The highest BCUT2D eigenvalue weighted by molar-refractivity contribution is 5.99. The molecular formula is C20H17FN2O3. The van der Waals surface area contributed by atoms with Crippen LogP contribution in [-0.2, 0) is 4.79 Å². The van der Waals surface area contributed by atoms with E-state index >= 15 is 0 Å². The molecule has 132 valence electrons. The predicted molar refractivity (Wildman–Crippen MR) is 98.2 cm³/mol. The minimum Gasteiger partial charge on any atom is -0.497 e. The van der Waals surface area contributed by atoms with Crippen molar-refractivity contribution in [2.24, 2.45) is 0 Å². The first-order chi connectivity index (χ1) is 12.6. The summed E-state index contributed by atoms with van der Waals surface area (Å²) >= 11 is 0. The normalized spacial score (nSPS) is 10.9. The molecule has 1 heterocycles. The van der Waals surface area contributed by atoms with Gasteiger partial charge in [0.1, 0.15) is 11.5 Å². The number of halogens is 1. The molecule has 2 aromatic carbocycles. The highest BCUT2D eigenvalue weighted by Gasteiger charge is 2.10. The fourth-order valence-corrected chi connectivity index (χ4v) is 2.43. The van der Waals surface area contributed by atoms with E-state index in [-0.39, 0.29) is 11.7 Å². The summed E-state index contributed by atoms with van der Waals surface area (Å²) in [6.45, 7) is 1.73. The number of amides is 1. The zero-order chi connectivity index (χ0) is 18.5. The monoisotopic (exact) mass is 352 g/mol. The number of rotatable bonds is 5. The summed E-state index contributed by atoms with van der Waals surface area (Å²) in [5.41, 5.74) is 1.03. The van der Waals surface area contributed by atoms with Crippen LogP contribution in [0.25, 0.3) is 10.9 Å². The molecule has 1 amide bonds. The van der Waals surface area contributed by atoms with Crippen molar-refractivity contribution in [3.63, 3.8) is 0 Å². The van der Waals surface area contributed by atoms with Gasteiger partial charge in [-0.2, -0.15) is 0 Å². The molecule has 3 rings (SSSR count). The molecule has 0 unspecified atom stereocenters. The Balaban J connectivity index is 1.87. The fraction of sp³-hybridized carbons (Fsp3) is 0.100. The van der Waals surface area contributed by atoms with Crippen LogP contribution >= 0.6 is 0 Å². The van der Waals surface area contributed by atoms with Crippen LogP contribution in [0.3, 0.4) is 0 Å². The molecule has 1 aromatic heterocycles. The lowest BCUT2D eigenvalue weighted by molar-refractivity contribution is -0.111. The number of aromatic nitrogens is 1. The molecule has 0 bridgehead atoms. The molecule has 0 aliphatic carbocycles. The second-order valence-corrected chi connectivity index (χ2v) is 5.43. The molecule has 6 heteroatoms. The van der Waals surface area contributed by atoms with Crippen LogP contribution in [-0.4, -0.2) is 18.0 Å². The first-order valence-corrected chi connectivity index (χ1v) is 7.94.